The van der Waals surface area contributed by atoms with Gasteiger partial charge in [0.25, 0.3) is 0 Å². The number of rotatable bonds is 6. The first-order valence-electron chi connectivity index (χ1n) is 11.5. The van der Waals surface area contributed by atoms with Crippen molar-refractivity contribution in [3.05, 3.63) is 41.1 Å². The molecule has 2 heterocycles. The van der Waals surface area contributed by atoms with E-state index < -0.39 is 17.7 Å². The summed E-state index contributed by atoms with van der Waals surface area (Å²) in [6.45, 7) is 14.3. The highest BCUT2D eigenvalue weighted by molar-refractivity contribution is 5.74. The average Bonchev–Trinajstić information content (AvgIpc) is 3.10. The van der Waals surface area contributed by atoms with Crippen molar-refractivity contribution in [2.75, 3.05) is 13.2 Å². The summed E-state index contributed by atoms with van der Waals surface area (Å²) in [5, 5.41) is 4.70. The zero-order valence-electron chi connectivity index (χ0n) is 20.7. The van der Waals surface area contributed by atoms with Gasteiger partial charge in [-0.2, -0.15) is 0 Å². The third-order valence-corrected chi connectivity index (χ3v) is 5.38. The Morgan fingerprint density at radius 3 is 2.36 bits per heavy atom. The van der Waals surface area contributed by atoms with Gasteiger partial charge in [0.2, 0.25) is 5.88 Å². The number of aromatic nitrogens is 2. The van der Waals surface area contributed by atoms with E-state index in [4.69, 9.17) is 19.3 Å². The highest BCUT2D eigenvalue weighted by Gasteiger charge is 2.32. The molecular formula is C25H35N3O5. The van der Waals surface area contributed by atoms with E-state index >= 15 is 0 Å². The Hall–Kier alpha value is -3.03. The summed E-state index contributed by atoms with van der Waals surface area (Å²) in [7, 11) is 0. The molecule has 1 amide bonds. The van der Waals surface area contributed by atoms with E-state index in [1.807, 2.05) is 37.6 Å². The summed E-state index contributed by atoms with van der Waals surface area (Å²) >= 11 is 0. The van der Waals surface area contributed by atoms with Gasteiger partial charge in [-0.3, -0.25) is 0 Å². The fourth-order valence-corrected chi connectivity index (χ4v) is 3.66. The van der Waals surface area contributed by atoms with Gasteiger partial charge in [0, 0.05) is 13.0 Å². The number of ether oxygens (including phenoxy) is 3. The standard InChI is InChI=1S/C25H35N3O5/c1-8-31-23(29)17(4)32-22-20-15-27(24(30)33-25(5,6)7)14-13-21(20)28(26-22)19-11-9-18(10-12-19)16(2)3/h9-12,16-17H,8,13-15H2,1-7H3. The van der Waals surface area contributed by atoms with Crippen molar-refractivity contribution in [2.45, 2.75) is 79.1 Å². The summed E-state index contributed by atoms with van der Waals surface area (Å²) < 4.78 is 18.4. The quantitative estimate of drug-likeness (QED) is 0.589. The van der Waals surface area contributed by atoms with Gasteiger partial charge in [0.15, 0.2) is 6.10 Å². The number of benzene rings is 1. The van der Waals surface area contributed by atoms with Crippen LogP contribution in [0.4, 0.5) is 4.79 Å². The second-order valence-electron chi connectivity index (χ2n) is 9.55. The molecule has 0 saturated carbocycles. The van der Waals surface area contributed by atoms with Gasteiger partial charge < -0.3 is 19.1 Å². The summed E-state index contributed by atoms with van der Waals surface area (Å²) in [5.74, 6) is 0.297. The highest BCUT2D eigenvalue weighted by Crippen LogP contribution is 2.32. The molecule has 0 saturated heterocycles. The lowest BCUT2D eigenvalue weighted by Crippen LogP contribution is -2.40. The number of hydrogen-bond donors (Lipinski definition) is 0. The third-order valence-electron chi connectivity index (χ3n) is 5.38. The third kappa shape index (κ3) is 5.86. The molecule has 1 aromatic carbocycles. The van der Waals surface area contributed by atoms with Crippen molar-refractivity contribution in [1.29, 1.82) is 0 Å². The smallest absolute Gasteiger partial charge is 0.410 e. The largest absolute Gasteiger partial charge is 0.463 e. The van der Waals surface area contributed by atoms with Crippen molar-refractivity contribution in [3.63, 3.8) is 0 Å². The lowest BCUT2D eigenvalue weighted by Gasteiger charge is -2.30. The average molecular weight is 458 g/mol. The highest BCUT2D eigenvalue weighted by atomic mass is 16.6. The number of hydrogen-bond acceptors (Lipinski definition) is 6. The van der Waals surface area contributed by atoms with Crippen LogP contribution in [0.5, 0.6) is 5.88 Å². The van der Waals surface area contributed by atoms with Gasteiger partial charge in [-0.25, -0.2) is 14.3 Å². The van der Waals surface area contributed by atoms with Gasteiger partial charge in [-0.05, 0) is 58.2 Å². The Bertz CT molecular complexity index is 989. The van der Waals surface area contributed by atoms with Crippen LogP contribution in [0.2, 0.25) is 0 Å². The maximum absolute atomic E-state index is 12.7. The molecule has 1 aliphatic rings. The van der Waals surface area contributed by atoms with Crippen molar-refractivity contribution >= 4 is 12.1 Å². The van der Waals surface area contributed by atoms with E-state index in [1.165, 1.54) is 5.56 Å². The van der Waals surface area contributed by atoms with Gasteiger partial charge >= 0.3 is 12.1 Å². The lowest BCUT2D eigenvalue weighted by atomic mass is 10.0. The SMILES string of the molecule is CCOC(=O)C(C)Oc1nn(-c2ccc(C(C)C)cc2)c2c1CN(C(=O)OC(C)(C)C)CC2. The van der Waals surface area contributed by atoms with Gasteiger partial charge in [-0.1, -0.05) is 26.0 Å². The monoisotopic (exact) mass is 457 g/mol. The molecule has 1 unspecified atom stereocenters. The molecular weight excluding hydrogens is 422 g/mol. The van der Waals surface area contributed by atoms with Crippen LogP contribution in [0.3, 0.4) is 0 Å². The van der Waals surface area contributed by atoms with Crippen LogP contribution in [-0.2, 0) is 27.2 Å². The van der Waals surface area contributed by atoms with Gasteiger partial charge in [0.1, 0.15) is 5.60 Å². The zero-order chi connectivity index (χ0) is 24.3. The normalized spacial score (nSPS) is 14.6. The molecule has 8 heteroatoms. The summed E-state index contributed by atoms with van der Waals surface area (Å²) in [6, 6.07) is 8.24. The molecule has 1 aliphatic heterocycles. The molecule has 0 bridgehead atoms. The van der Waals surface area contributed by atoms with E-state index in [9.17, 15) is 9.59 Å². The Labute approximate surface area is 195 Å². The van der Waals surface area contributed by atoms with Crippen molar-refractivity contribution < 1.29 is 23.8 Å². The molecule has 33 heavy (non-hydrogen) atoms. The summed E-state index contributed by atoms with van der Waals surface area (Å²) in [5.41, 5.74) is 3.29. The van der Waals surface area contributed by atoms with E-state index in [0.717, 1.165) is 16.9 Å². The van der Waals surface area contributed by atoms with Gasteiger partial charge in [-0.15, -0.1) is 5.10 Å². The molecule has 0 radical (unpaired) electrons. The van der Waals surface area contributed by atoms with Crippen LogP contribution >= 0.6 is 0 Å². The molecule has 0 aliphatic carbocycles. The predicted molar refractivity (Wildman–Crippen MR) is 125 cm³/mol. The minimum Gasteiger partial charge on any atom is -0.463 e. The number of amides is 1. The molecule has 3 rings (SSSR count). The Morgan fingerprint density at radius 2 is 1.79 bits per heavy atom. The van der Waals surface area contributed by atoms with Crippen LogP contribution in [0.1, 0.15) is 71.2 Å². The number of carbonyl (C=O) groups is 2. The molecule has 2 aromatic rings. The maximum Gasteiger partial charge on any atom is 0.410 e. The minimum atomic E-state index is -0.822. The minimum absolute atomic E-state index is 0.272. The van der Waals surface area contributed by atoms with Crippen LogP contribution < -0.4 is 4.74 Å². The number of carbonyl (C=O) groups excluding carboxylic acids is 2. The van der Waals surface area contributed by atoms with E-state index in [1.54, 1.807) is 18.7 Å². The predicted octanol–water partition coefficient (Wildman–Crippen LogP) is 4.62. The number of fused-ring (bicyclic) bond motifs is 1. The van der Waals surface area contributed by atoms with E-state index in [-0.39, 0.29) is 12.7 Å². The molecule has 8 nitrogen and oxygen atoms in total. The Morgan fingerprint density at radius 1 is 1.12 bits per heavy atom. The Balaban J connectivity index is 1.95. The first-order valence-corrected chi connectivity index (χ1v) is 11.5. The molecule has 0 N–H and O–H groups in total. The number of nitrogens with zero attached hydrogens (tertiary/aromatic N) is 3. The summed E-state index contributed by atoms with van der Waals surface area (Å²) in [6.07, 6.45) is -0.616. The first-order chi connectivity index (χ1) is 15.5. The fraction of sp³-hybridized carbons (Fsp3) is 0.560. The second-order valence-corrected chi connectivity index (χ2v) is 9.55. The van der Waals surface area contributed by atoms with Crippen LogP contribution in [-0.4, -0.2) is 51.6 Å². The van der Waals surface area contributed by atoms with Gasteiger partial charge in [0.05, 0.1) is 30.1 Å². The van der Waals surface area contributed by atoms with Crippen molar-refractivity contribution in [1.82, 2.24) is 14.7 Å². The second kappa shape index (κ2) is 9.85. The zero-order valence-corrected chi connectivity index (χ0v) is 20.7. The fourth-order valence-electron chi connectivity index (χ4n) is 3.66. The van der Waals surface area contributed by atoms with E-state index in [2.05, 4.69) is 26.0 Å². The molecule has 180 valence electrons. The molecule has 0 fully saturated rings. The molecule has 0 spiro atoms. The maximum atomic E-state index is 12.7. The molecule has 1 atom stereocenters. The van der Waals surface area contributed by atoms with Crippen molar-refractivity contribution in [3.8, 4) is 11.6 Å². The van der Waals surface area contributed by atoms with E-state index in [0.29, 0.717) is 31.3 Å². The van der Waals surface area contributed by atoms with Crippen LogP contribution in [0, 0.1) is 0 Å². The van der Waals surface area contributed by atoms with Crippen molar-refractivity contribution in [2.24, 2.45) is 0 Å². The van der Waals surface area contributed by atoms with Crippen LogP contribution in [0.15, 0.2) is 24.3 Å². The number of esters is 1. The first kappa shape index (κ1) is 24.6. The molecule has 1 aromatic heterocycles. The van der Waals surface area contributed by atoms with Crippen LogP contribution in [0.25, 0.3) is 5.69 Å². The Kier molecular flexibility index (Phi) is 7.34. The summed E-state index contributed by atoms with van der Waals surface area (Å²) in [4.78, 5) is 26.5. The lowest BCUT2D eigenvalue weighted by molar-refractivity contribution is -0.150. The topological polar surface area (TPSA) is 82.9 Å².